The average Bonchev–Trinajstić information content (AvgIpc) is 0.941. The Hall–Kier alpha value is -16.2. The molecule has 126 heavy (non-hydrogen) atoms. The number of fused-ring (bicyclic) bond motifs is 15. The molecule has 0 radical (unpaired) electrons. The molecule has 15 heteroatoms. The Morgan fingerprint density at radius 1 is 0.151 bits per heavy atom. The van der Waals surface area contributed by atoms with Crippen molar-refractivity contribution in [3.63, 3.8) is 0 Å². The normalized spacial score (nSPS) is 12.0. The molecule has 0 N–H and O–H groups in total. The quantitative estimate of drug-likeness (QED) is 0.136. The van der Waals surface area contributed by atoms with Gasteiger partial charge in [-0.25, -0.2) is 44.9 Å². The van der Waals surface area contributed by atoms with Crippen LogP contribution in [0.4, 0.5) is 0 Å². The Bertz CT molecular complexity index is 8590. The van der Waals surface area contributed by atoms with E-state index in [-0.39, 0.29) is 0 Å². The lowest BCUT2D eigenvalue weighted by molar-refractivity contribution is 0.487. The summed E-state index contributed by atoms with van der Waals surface area (Å²) >= 11 is 5.39. The first-order valence-electron chi connectivity index (χ1n) is 41.6. The minimum atomic E-state index is 0.628. The number of hydrogen-bond donors (Lipinski definition) is 0. The van der Waals surface area contributed by atoms with E-state index in [1.54, 1.807) is 34.0 Å². The lowest BCUT2D eigenvalue weighted by atomic mass is 9.93. The summed E-state index contributed by atoms with van der Waals surface area (Å²) in [5.74, 6) is 10.9. The fourth-order valence-electron chi connectivity index (χ4n) is 17.8. The van der Waals surface area contributed by atoms with Gasteiger partial charge in [-0.3, -0.25) is 0 Å². The zero-order valence-corrected chi connectivity index (χ0v) is 69.3. The molecule has 18 aromatic carbocycles. The van der Waals surface area contributed by atoms with Crippen molar-refractivity contribution >= 4 is 127 Å². The highest BCUT2D eigenvalue weighted by atomic mass is 32.1. The number of nitrogens with zero attached hydrogens (tertiary/aromatic N) is 9. The fourth-order valence-corrected chi connectivity index (χ4v) is 21.2. The highest BCUT2D eigenvalue weighted by molar-refractivity contribution is 7.26. The van der Waals surface area contributed by atoms with Crippen LogP contribution < -0.4 is 14.2 Å². The van der Waals surface area contributed by atoms with E-state index in [1.165, 1.54) is 60.5 Å². The molecule has 588 valence electrons. The van der Waals surface area contributed by atoms with E-state index in [0.717, 1.165) is 150 Å². The molecule has 6 aromatic heterocycles. The highest BCUT2D eigenvalue weighted by Crippen LogP contribution is 2.52. The number of aromatic nitrogens is 9. The number of ether oxygens (including phenoxy) is 3. The van der Waals surface area contributed by atoms with E-state index >= 15 is 0 Å². The third-order valence-corrected chi connectivity index (χ3v) is 27.2. The maximum absolute atomic E-state index is 6.35. The minimum Gasteiger partial charge on any atom is -0.456 e. The van der Waals surface area contributed by atoms with E-state index in [4.69, 9.17) is 59.1 Å². The van der Waals surface area contributed by atoms with Gasteiger partial charge in [0.1, 0.15) is 34.5 Å². The zero-order valence-electron chi connectivity index (χ0n) is 66.8. The van der Waals surface area contributed by atoms with E-state index < -0.39 is 0 Å². The maximum Gasteiger partial charge on any atom is 0.164 e. The van der Waals surface area contributed by atoms with E-state index in [2.05, 4.69) is 218 Å². The van der Waals surface area contributed by atoms with Crippen LogP contribution in [0.1, 0.15) is 0 Å². The molecule has 0 saturated heterocycles. The van der Waals surface area contributed by atoms with Crippen molar-refractivity contribution < 1.29 is 14.2 Å². The van der Waals surface area contributed by atoms with Gasteiger partial charge in [0.15, 0.2) is 52.4 Å². The molecule has 24 aromatic rings. The third kappa shape index (κ3) is 12.7. The summed E-state index contributed by atoms with van der Waals surface area (Å²) in [4.78, 5) is 45.2. The van der Waals surface area contributed by atoms with Crippen molar-refractivity contribution in [1.29, 1.82) is 0 Å². The molecule has 0 atom stereocenters. The smallest absolute Gasteiger partial charge is 0.164 e. The van der Waals surface area contributed by atoms with E-state index in [9.17, 15) is 0 Å². The van der Waals surface area contributed by atoms with Crippen LogP contribution in [0.15, 0.2) is 382 Å². The van der Waals surface area contributed by atoms with Crippen molar-refractivity contribution in [1.82, 2.24) is 44.9 Å². The molecule has 0 spiro atoms. The molecule has 0 aliphatic carbocycles. The number of rotatable bonds is 9. The predicted molar refractivity (Wildman–Crippen MR) is 516 cm³/mol. The molecule has 3 aliphatic heterocycles. The van der Waals surface area contributed by atoms with Gasteiger partial charge < -0.3 is 14.2 Å². The van der Waals surface area contributed by atoms with E-state index in [0.29, 0.717) is 52.4 Å². The van der Waals surface area contributed by atoms with Gasteiger partial charge in [-0.1, -0.05) is 261 Å². The highest BCUT2D eigenvalue weighted by Gasteiger charge is 2.28. The van der Waals surface area contributed by atoms with Crippen LogP contribution in [0.25, 0.3) is 229 Å². The van der Waals surface area contributed by atoms with Gasteiger partial charge in [0.05, 0.1) is 0 Å². The SMILES string of the molecule is c1ccc(-c2nc(-c3ccc4c(c3)-c3cccc5cccc(c35)O4)nc(-c3ccc4c(c3)sc3ccccc34)n2)cc1.c1ccc(-c2nc(-c3ccc4c(c3)-c3cccc5cccc(c35)O4)nc(-c3ccc4sc5ccccc5c4c3)n2)cc1.c1ccc(-c2nc(-c3ccc4c(c3)-c3cccc5cccc(c35)O4)nc(-c3cccc4sc5ccccc5c34)n2)cc1. The molecule has 0 amide bonds. The Morgan fingerprint density at radius 2 is 0.444 bits per heavy atom. The molecule has 0 saturated carbocycles. The Labute approximate surface area is 733 Å². The Morgan fingerprint density at radius 3 is 0.889 bits per heavy atom. The van der Waals surface area contributed by atoms with Gasteiger partial charge in [-0.05, 0) is 154 Å². The second-order valence-electron chi connectivity index (χ2n) is 31.3. The second-order valence-corrected chi connectivity index (χ2v) is 34.6. The van der Waals surface area contributed by atoms with Crippen molar-refractivity contribution in [2.75, 3.05) is 0 Å². The predicted octanol–water partition coefficient (Wildman–Crippen LogP) is 30.5. The largest absolute Gasteiger partial charge is 0.456 e. The van der Waals surface area contributed by atoms with Crippen molar-refractivity contribution in [3.05, 3.63) is 382 Å². The topological polar surface area (TPSA) is 144 Å². The number of benzene rings is 18. The van der Waals surface area contributed by atoms with Crippen LogP contribution in [0.3, 0.4) is 0 Å². The number of thiophene rings is 3. The summed E-state index contributed by atoms with van der Waals surface area (Å²) < 4.78 is 26.5. The van der Waals surface area contributed by atoms with Crippen molar-refractivity contribution in [2.45, 2.75) is 0 Å². The first-order valence-corrected chi connectivity index (χ1v) is 44.0. The molecule has 9 heterocycles. The summed E-state index contributed by atoms with van der Waals surface area (Å²) in [6.07, 6.45) is 0. The molecular weight excluding hydrogens is 1600 g/mol. The molecule has 12 nitrogen and oxygen atoms in total. The second kappa shape index (κ2) is 29.9. The molecule has 27 rings (SSSR count). The van der Waals surface area contributed by atoms with Crippen LogP contribution in [0.2, 0.25) is 0 Å². The van der Waals surface area contributed by atoms with Crippen LogP contribution in [0, 0.1) is 0 Å². The first-order chi connectivity index (χ1) is 62.4. The van der Waals surface area contributed by atoms with Crippen LogP contribution >= 0.6 is 34.0 Å². The van der Waals surface area contributed by atoms with Gasteiger partial charge in [0.25, 0.3) is 0 Å². The van der Waals surface area contributed by atoms with Gasteiger partial charge in [-0.15, -0.1) is 34.0 Å². The summed E-state index contributed by atoms with van der Waals surface area (Å²) in [6.45, 7) is 0. The summed E-state index contributed by atoms with van der Waals surface area (Å²) in [5, 5.41) is 14.2. The van der Waals surface area contributed by atoms with Crippen LogP contribution in [0.5, 0.6) is 34.5 Å². The summed E-state index contributed by atoms with van der Waals surface area (Å²) in [7, 11) is 0. The standard InChI is InChI=1S/3C37H21N3OS/c1-2-9-23(10-3-1)35-38-36(40-37(39-35)27-15-8-18-32-34(27)26-13-4-5-17-31(26)42-32)24-19-20-29-28(21-24)25-14-6-11-22-12-7-16-30(41-29)33(22)25;1-2-8-23(9-3-1)35-38-36(40-37(39-35)25-16-18-27-26-12-4-5-15-32(26)42-33(27)21-25)24-17-19-30-29(20-24)28-13-6-10-22-11-7-14-31(41-30)34(22)28;1-2-8-23(9-3-1)35-38-36(40-37(39-35)25-17-19-33-29(21-25)26-12-4-5-15-32(26)42-33)24-16-18-30-28(20-24)27-13-6-10-22-11-7-14-31(41-30)34(22)27/h3*1-21H. The lowest BCUT2D eigenvalue weighted by Gasteiger charge is -2.21. The monoisotopic (exact) mass is 1670 g/mol. The van der Waals surface area contributed by atoms with Crippen LogP contribution in [-0.2, 0) is 0 Å². The minimum absolute atomic E-state index is 0.628. The molecule has 0 fully saturated rings. The third-order valence-electron chi connectivity index (χ3n) is 23.8. The van der Waals surface area contributed by atoms with Crippen molar-refractivity contribution in [2.24, 2.45) is 0 Å². The Kier molecular flexibility index (Phi) is 17.2. The molecule has 3 aliphatic rings. The number of hydrogen-bond acceptors (Lipinski definition) is 15. The van der Waals surface area contributed by atoms with E-state index in [1.807, 2.05) is 164 Å². The fraction of sp³-hybridized carbons (Fsp3) is 0. The zero-order chi connectivity index (χ0) is 82.9. The van der Waals surface area contributed by atoms with Gasteiger partial charge in [0, 0.05) is 143 Å². The molecular formula is C111H63N9O3S3. The van der Waals surface area contributed by atoms with Gasteiger partial charge in [-0.2, -0.15) is 0 Å². The molecule has 0 unspecified atom stereocenters. The van der Waals surface area contributed by atoms with Gasteiger partial charge in [0.2, 0.25) is 0 Å². The maximum atomic E-state index is 6.35. The van der Waals surface area contributed by atoms with Crippen molar-refractivity contribution in [3.8, 4) is 170 Å². The van der Waals surface area contributed by atoms with Gasteiger partial charge >= 0.3 is 0 Å². The molecule has 0 bridgehead atoms. The Balaban J connectivity index is 0.000000103. The average molecular weight is 1670 g/mol. The lowest BCUT2D eigenvalue weighted by Crippen LogP contribution is -2.01. The summed E-state index contributed by atoms with van der Waals surface area (Å²) in [6, 6.07) is 132. The van der Waals surface area contributed by atoms with Crippen LogP contribution in [-0.4, -0.2) is 44.9 Å². The summed E-state index contributed by atoms with van der Waals surface area (Å²) in [5.41, 5.74) is 15.1. The first kappa shape index (κ1) is 72.6.